The Morgan fingerprint density at radius 3 is 2.64 bits per heavy atom. The third-order valence-electron chi connectivity index (χ3n) is 6.54. The van der Waals surface area contributed by atoms with Gasteiger partial charge in [0.15, 0.2) is 5.82 Å². The van der Waals surface area contributed by atoms with E-state index in [1.807, 2.05) is 47.1 Å². The molecule has 9 nitrogen and oxygen atoms in total. The van der Waals surface area contributed by atoms with Gasteiger partial charge in [-0.1, -0.05) is 30.3 Å². The molecule has 2 aliphatic heterocycles. The highest BCUT2D eigenvalue weighted by molar-refractivity contribution is 5.94. The highest BCUT2D eigenvalue weighted by Crippen LogP contribution is 2.44. The van der Waals surface area contributed by atoms with E-state index in [2.05, 4.69) is 20.2 Å². The van der Waals surface area contributed by atoms with Gasteiger partial charge in [0, 0.05) is 44.5 Å². The number of hydrogen-bond acceptors (Lipinski definition) is 6. The molecule has 3 aromatic rings. The first-order valence-electron chi connectivity index (χ1n) is 11.0. The van der Waals surface area contributed by atoms with Crippen LogP contribution in [0.2, 0.25) is 0 Å². The molecule has 0 unspecified atom stereocenters. The van der Waals surface area contributed by atoms with Gasteiger partial charge in [0.1, 0.15) is 12.4 Å². The molecule has 9 heteroatoms. The largest absolute Gasteiger partial charge is 0.367 e. The lowest BCUT2D eigenvalue weighted by atomic mass is 9.80. The second-order valence-corrected chi connectivity index (χ2v) is 8.78. The van der Waals surface area contributed by atoms with Gasteiger partial charge < -0.3 is 14.5 Å². The average molecular weight is 447 g/mol. The molecule has 2 aromatic heterocycles. The van der Waals surface area contributed by atoms with E-state index in [0.29, 0.717) is 50.0 Å². The number of pyridine rings is 1. The maximum absolute atomic E-state index is 13.1. The SMILES string of the molecule is Cc1nc([C@@]23CN(C(=O)COCc4ccccc4)C[C@@H]2CN(C(=O)c2cccnc2)C3)n[nH]1. The van der Waals surface area contributed by atoms with Crippen molar-refractivity contribution in [2.45, 2.75) is 18.9 Å². The molecule has 2 amide bonds. The molecule has 1 N–H and O–H groups in total. The molecule has 5 rings (SSSR count). The minimum absolute atomic E-state index is 0.0169. The van der Waals surface area contributed by atoms with E-state index in [0.717, 1.165) is 5.56 Å². The van der Waals surface area contributed by atoms with Crippen molar-refractivity contribution in [1.82, 2.24) is 30.0 Å². The van der Waals surface area contributed by atoms with Crippen molar-refractivity contribution >= 4 is 11.8 Å². The summed E-state index contributed by atoms with van der Waals surface area (Å²) in [6, 6.07) is 13.3. The standard InChI is InChI=1S/C24H26N6O3/c1-17-26-23(28-27-17)24-15-29(21(31)14-33-13-18-6-3-2-4-7-18)11-20(24)12-30(16-24)22(32)19-8-5-9-25-10-19/h2-10,20H,11-16H2,1H3,(H,26,27,28)/t20-,24-/m1/s1. The summed E-state index contributed by atoms with van der Waals surface area (Å²) in [6.07, 6.45) is 3.23. The van der Waals surface area contributed by atoms with E-state index in [1.54, 1.807) is 24.5 Å². The highest BCUT2D eigenvalue weighted by Gasteiger charge is 2.57. The van der Waals surface area contributed by atoms with Gasteiger partial charge in [0.25, 0.3) is 5.91 Å². The first-order valence-corrected chi connectivity index (χ1v) is 11.0. The fourth-order valence-corrected chi connectivity index (χ4v) is 4.89. The molecule has 4 heterocycles. The van der Waals surface area contributed by atoms with Crippen molar-refractivity contribution in [3.05, 3.63) is 77.6 Å². The average Bonchev–Trinajstić information content (AvgIpc) is 3.52. The van der Waals surface area contributed by atoms with Crippen molar-refractivity contribution in [1.29, 1.82) is 0 Å². The number of fused-ring (bicyclic) bond motifs is 1. The van der Waals surface area contributed by atoms with E-state index in [1.165, 1.54) is 0 Å². The van der Waals surface area contributed by atoms with E-state index >= 15 is 0 Å². The fraction of sp³-hybridized carbons (Fsp3) is 0.375. The molecule has 0 aliphatic carbocycles. The smallest absolute Gasteiger partial charge is 0.255 e. The van der Waals surface area contributed by atoms with Crippen molar-refractivity contribution in [3.63, 3.8) is 0 Å². The van der Waals surface area contributed by atoms with Crippen molar-refractivity contribution in [2.75, 3.05) is 32.8 Å². The van der Waals surface area contributed by atoms with Crippen LogP contribution >= 0.6 is 0 Å². The summed E-state index contributed by atoms with van der Waals surface area (Å²) in [4.78, 5) is 38.4. The molecule has 2 atom stereocenters. The number of aromatic nitrogens is 4. The van der Waals surface area contributed by atoms with Crippen molar-refractivity contribution in [2.24, 2.45) is 5.92 Å². The van der Waals surface area contributed by atoms with Crippen LogP contribution in [-0.2, 0) is 21.6 Å². The molecule has 0 bridgehead atoms. The number of H-pyrrole nitrogens is 1. The van der Waals surface area contributed by atoms with Gasteiger partial charge in [-0.3, -0.25) is 19.7 Å². The minimum Gasteiger partial charge on any atom is -0.367 e. The summed E-state index contributed by atoms with van der Waals surface area (Å²) in [5, 5.41) is 7.36. The molecule has 2 fully saturated rings. The summed E-state index contributed by atoms with van der Waals surface area (Å²) in [7, 11) is 0. The van der Waals surface area contributed by atoms with Crippen LogP contribution in [0.5, 0.6) is 0 Å². The number of nitrogens with zero attached hydrogens (tertiary/aromatic N) is 5. The van der Waals surface area contributed by atoms with Gasteiger partial charge in [-0.05, 0) is 24.6 Å². The maximum Gasteiger partial charge on any atom is 0.255 e. The summed E-state index contributed by atoms with van der Waals surface area (Å²) >= 11 is 0. The number of likely N-dealkylation sites (tertiary alicyclic amines) is 2. The molecule has 0 saturated carbocycles. The number of benzene rings is 1. The Kier molecular flexibility index (Phi) is 5.63. The van der Waals surface area contributed by atoms with Gasteiger partial charge in [-0.15, -0.1) is 0 Å². The lowest BCUT2D eigenvalue weighted by Crippen LogP contribution is -2.42. The first kappa shape index (κ1) is 21.3. The normalized spacial score (nSPS) is 21.9. The quantitative estimate of drug-likeness (QED) is 0.617. The number of hydrogen-bond donors (Lipinski definition) is 1. The Morgan fingerprint density at radius 1 is 1.12 bits per heavy atom. The van der Waals surface area contributed by atoms with Gasteiger partial charge >= 0.3 is 0 Å². The number of aryl methyl sites for hydroxylation is 1. The fourth-order valence-electron chi connectivity index (χ4n) is 4.89. The molecule has 170 valence electrons. The zero-order valence-corrected chi connectivity index (χ0v) is 18.5. The van der Waals surface area contributed by atoms with E-state index in [4.69, 9.17) is 4.74 Å². The molecule has 0 radical (unpaired) electrons. The third kappa shape index (κ3) is 4.11. The number of rotatable bonds is 6. The summed E-state index contributed by atoms with van der Waals surface area (Å²) in [5.74, 6) is 1.30. The van der Waals surface area contributed by atoms with Gasteiger partial charge in [-0.25, -0.2) is 4.98 Å². The Bertz CT molecular complexity index is 1140. The van der Waals surface area contributed by atoms with E-state index < -0.39 is 5.41 Å². The minimum atomic E-state index is -0.502. The number of carbonyl (C=O) groups excluding carboxylic acids is 2. The third-order valence-corrected chi connectivity index (χ3v) is 6.54. The predicted octanol–water partition coefficient (Wildman–Crippen LogP) is 1.58. The summed E-state index contributed by atoms with van der Waals surface area (Å²) in [5.41, 5.74) is 1.08. The van der Waals surface area contributed by atoms with Crippen LogP contribution < -0.4 is 0 Å². The lowest BCUT2D eigenvalue weighted by Gasteiger charge is -2.27. The molecule has 0 spiro atoms. The van der Waals surface area contributed by atoms with E-state index in [-0.39, 0.29) is 24.3 Å². The molecular formula is C24H26N6O3. The second kappa shape index (κ2) is 8.74. The van der Waals surface area contributed by atoms with Crippen LogP contribution in [-0.4, -0.2) is 74.6 Å². The van der Waals surface area contributed by atoms with Gasteiger partial charge in [-0.2, -0.15) is 5.10 Å². The maximum atomic E-state index is 13.1. The molecule has 2 saturated heterocycles. The topological polar surface area (TPSA) is 104 Å². The second-order valence-electron chi connectivity index (χ2n) is 8.78. The number of ether oxygens (including phenoxy) is 1. The van der Waals surface area contributed by atoms with Crippen LogP contribution in [0, 0.1) is 12.8 Å². The Balaban J connectivity index is 1.30. The molecular weight excluding hydrogens is 420 g/mol. The Labute approximate surface area is 191 Å². The van der Waals surface area contributed by atoms with Crippen LogP contribution in [0.4, 0.5) is 0 Å². The Hall–Kier alpha value is -3.59. The van der Waals surface area contributed by atoms with Crippen molar-refractivity contribution < 1.29 is 14.3 Å². The first-order chi connectivity index (χ1) is 16.0. The zero-order chi connectivity index (χ0) is 22.8. The van der Waals surface area contributed by atoms with Gasteiger partial charge in [0.2, 0.25) is 5.91 Å². The van der Waals surface area contributed by atoms with Crippen LogP contribution in [0.15, 0.2) is 54.9 Å². The number of carbonyl (C=O) groups is 2. The number of amides is 2. The number of aromatic amines is 1. The highest BCUT2D eigenvalue weighted by atomic mass is 16.5. The van der Waals surface area contributed by atoms with Gasteiger partial charge in [0.05, 0.1) is 17.6 Å². The molecule has 2 aliphatic rings. The Morgan fingerprint density at radius 2 is 1.91 bits per heavy atom. The zero-order valence-electron chi connectivity index (χ0n) is 18.5. The van der Waals surface area contributed by atoms with Crippen LogP contribution in [0.25, 0.3) is 0 Å². The number of nitrogens with one attached hydrogen (secondary N) is 1. The van der Waals surface area contributed by atoms with Crippen molar-refractivity contribution in [3.8, 4) is 0 Å². The van der Waals surface area contributed by atoms with Crippen LogP contribution in [0.1, 0.15) is 27.6 Å². The summed E-state index contributed by atoms with van der Waals surface area (Å²) < 4.78 is 5.68. The van der Waals surface area contributed by atoms with Crippen LogP contribution in [0.3, 0.4) is 0 Å². The van der Waals surface area contributed by atoms with E-state index in [9.17, 15) is 9.59 Å². The molecule has 1 aromatic carbocycles. The predicted molar refractivity (Wildman–Crippen MR) is 119 cm³/mol. The molecule has 33 heavy (non-hydrogen) atoms. The summed E-state index contributed by atoms with van der Waals surface area (Å²) in [6.45, 7) is 4.25. The lowest BCUT2D eigenvalue weighted by molar-refractivity contribution is -0.135. The monoisotopic (exact) mass is 446 g/mol.